The fourth-order valence-electron chi connectivity index (χ4n) is 2.68. The first-order valence-corrected chi connectivity index (χ1v) is 9.08. The zero-order chi connectivity index (χ0) is 20.1. The number of pyridine rings is 1. The van der Waals surface area contributed by atoms with Crippen LogP contribution in [0.15, 0.2) is 71.3 Å². The minimum Gasteiger partial charge on any atom is -0.490 e. The van der Waals surface area contributed by atoms with Gasteiger partial charge in [-0.25, -0.2) is 0 Å². The van der Waals surface area contributed by atoms with Crippen LogP contribution < -0.4 is 9.64 Å². The standard InChI is InChI=1S/C20H16BrN3O4/c1-28-19-10-5-14(12-18(19)24(26)27)20(25)23(13-16-4-2-3-11-22-16)17-8-6-15(21)7-9-17/h2-12H,13H2,1H3. The van der Waals surface area contributed by atoms with Crippen LogP contribution in [0.25, 0.3) is 0 Å². The molecule has 7 nitrogen and oxygen atoms in total. The number of aromatic nitrogens is 1. The van der Waals surface area contributed by atoms with E-state index in [1.807, 2.05) is 24.3 Å². The molecule has 0 atom stereocenters. The van der Waals surface area contributed by atoms with E-state index in [2.05, 4.69) is 20.9 Å². The van der Waals surface area contributed by atoms with Gasteiger partial charge in [0.25, 0.3) is 5.91 Å². The zero-order valence-electron chi connectivity index (χ0n) is 14.9. The van der Waals surface area contributed by atoms with Crippen LogP contribution in [0.5, 0.6) is 5.75 Å². The number of carbonyl (C=O) groups is 1. The lowest BCUT2D eigenvalue weighted by Gasteiger charge is -2.23. The minimum atomic E-state index is -0.571. The van der Waals surface area contributed by atoms with Crippen molar-refractivity contribution in [3.8, 4) is 5.75 Å². The predicted molar refractivity (Wildman–Crippen MR) is 109 cm³/mol. The van der Waals surface area contributed by atoms with Crippen LogP contribution in [0.2, 0.25) is 0 Å². The molecule has 1 heterocycles. The van der Waals surface area contributed by atoms with E-state index in [0.29, 0.717) is 11.4 Å². The summed E-state index contributed by atoms with van der Waals surface area (Å²) in [7, 11) is 1.35. The highest BCUT2D eigenvalue weighted by molar-refractivity contribution is 9.10. The number of halogens is 1. The molecular formula is C20H16BrN3O4. The Morgan fingerprint density at radius 3 is 2.54 bits per heavy atom. The van der Waals surface area contributed by atoms with E-state index in [1.165, 1.54) is 30.2 Å². The van der Waals surface area contributed by atoms with Gasteiger partial charge >= 0.3 is 5.69 Å². The molecule has 28 heavy (non-hydrogen) atoms. The van der Waals surface area contributed by atoms with Crippen molar-refractivity contribution in [1.29, 1.82) is 0 Å². The number of hydrogen-bond donors (Lipinski definition) is 0. The number of carbonyl (C=O) groups excluding carboxylic acids is 1. The van der Waals surface area contributed by atoms with Gasteiger partial charge in [0.15, 0.2) is 5.75 Å². The molecule has 0 aliphatic rings. The number of nitro groups is 1. The number of ether oxygens (including phenoxy) is 1. The first kappa shape index (κ1) is 19.5. The van der Waals surface area contributed by atoms with Crippen LogP contribution >= 0.6 is 15.9 Å². The van der Waals surface area contributed by atoms with Gasteiger partial charge in [-0.15, -0.1) is 0 Å². The molecule has 0 bridgehead atoms. The Morgan fingerprint density at radius 2 is 1.93 bits per heavy atom. The molecule has 0 spiro atoms. The molecule has 142 valence electrons. The Bertz CT molecular complexity index is 994. The average Bonchev–Trinajstić information content (AvgIpc) is 2.72. The molecule has 0 N–H and O–H groups in total. The second-order valence-corrected chi connectivity index (χ2v) is 6.75. The normalized spacial score (nSPS) is 10.4. The molecule has 0 unspecified atom stereocenters. The monoisotopic (exact) mass is 441 g/mol. The van der Waals surface area contributed by atoms with Crippen molar-refractivity contribution in [2.24, 2.45) is 0 Å². The molecule has 0 aliphatic heterocycles. The number of amides is 1. The number of nitrogens with zero attached hydrogens (tertiary/aromatic N) is 3. The quantitative estimate of drug-likeness (QED) is 0.411. The van der Waals surface area contributed by atoms with E-state index in [0.717, 1.165) is 4.47 Å². The molecule has 1 aromatic heterocycles. The maximum atomic E-state index is 13.2. The van der Waals surface area contributed by atoms with Crippen molar-refractivity contribution in [2.45, 2.75) is 6.54 Å². The van der Waals surface area contributed by atoms with Gasteiger partial charge in [-0.05, 0) is 48.5 Å². The maximum absolute atomic E-state index is 13.2. The summed E-state index contributed by atoms with van der Waals surface area (Å²) in [6.07, 6.45) is 1.65. The van der Waals surface area contributed by atoms with E-state index in [4.69, 9.17) is 4.74 Å². The summed E-state index contributed by atoms with van der Waals surface area (Å²) in [5.74, 6) is -0.278. The van der Waals surface area contributed by atoms with Crippen LogP contribution in [0.4, 0.5) is 11.4 Å². The number of nitro benzene ring substituents is 1. The van der Waals surface area contributed by atoms with Gasteiger partial charge in [-0.3, -0.25) is 19.9 Å². The van der Waals surface area contributed by atoms with Crippen molar-refractivity contribution < 1.29 is 14.5 Å². The lowest BCUT2D eigenvalue weighted by atomic mass is 10.1. The van der Waals surface area contributed by atoms with Gasteiger partial charge in [-0.2, -0.15) is 0 Å². The molecule has 0 saturated heterocycles. The van der Waals surface area contributed by atoms with Crippen LogP contribution in [0, 0.1) is 10.1 Å². The van der Waals surface area contributed by atoms with E-state index < -0.39 is 4.92 Å². The lowest BCUT2D eigenvalue weighted by molar-refractivity contribution is -0.385. The van der Waals surface area contributed by atoms with Gasteiger partial charge < -0.3 is 9.64 Å². The van der Waals surface area contributed by atoms with Crippen molar-refractivity contribution in [2.75, 3.05) is 12.0 Å². The third-order valence-corrected chi connectivity index (χ3v) is 4.58. The lowest BCUT2D eigenvalue weighted by Crippen LogP contribution is -2.30. The van der Waals surface area contributed by atoms with Crippen LogP contribution in [-0.4, -0.2) is 22.9 Å². The molecule has 0 aliphatic carbocycles. The summed E-state index contributed by atoms with van der Waals surface area (Å²) >= 11 is 3.38. The molecular weight excluding hydrogens is 426 g/mol. The maximum Gasteiger partial charge on any atom is 0.311 e. The average molecular weight is 442 g/mol. The number of benzene rings is 2. The molecule has 0 saturated carbocycles. The Morgan fingerprint density at radius 1 is 1.18 bits per heavy atom. The highest BCUT2D eigenvalue weighted by Crippen LogP contribution is 2.29. The Kier molecular flexibility index (Phi) is 6.00. The van der Waals surface area contributed by atoms with Gasteiger partial charge in [0.05, 0.1) is 24.3 Å². The Labute approximate surface area is 169 Å². The second-order valence-electron chi connectivity index (χ2n) is 5.83. The smallest absolute Gasteiger partial charge is 0.311 e. The number of hydrogen-bond acceptors (Lipinski definition) is 5. The fourth-order valence-corrected chi connectivity index (χ4v) is 2.94. The molecule has 3 aromatic rings. The van der Waals surface area contributed by atoms with Crippen molar-refractivity contribution in [3.63, 3.8) is 0 Å². The van der Waals surface area contributed by atoms with Crippen LogP contribution in [0.1, 0.15) is 16.1 Å². The minimum absolute atomic E-state index is 0.0986. The zero-order valence-corrected chi connectivity index (χ0v) is 16.5. The summed E-state index contributed by atoms with van der Waals surface area (Å²) in [6, 6.07) is 16.8. The summed E-state index contributed by atoms with van der Waals surface area (Å²) < 4.78 is 5.89. The largest absolute Gasteiger partial charge is 0.490 e. The highest BCUT2D eigenvalue weighted by Gasteiger charge is 2.23. The van der Waals surface area contributed by atoms with Crippen molar-refractivity contribution in [3.05, 3.63) is 92.7 Å². The number of anilines is 1. The predicted octanol–water partition coefficient (Wildman–Crippen LogP) is 4.61. The highest BCUT2D eigenvalue weighted by atomic mass is 79.9. The van der Waals surface area contributed by atoms with Gasteiger partial charge in [0.1, 0.15) is 0 Å². The van der Waals surface area contributed by atoms with Gasteiger partial charge in [0, 0.05) is 28.0 Å². The van der Waals surface area contributed by atoms with Crippen LogP contribution in [-0.2, 0) is 6.54 Å². The summed E-state index contributed by atoms with van der Waals surface area (Å²) in [5.41, 5.74) is 1.27. The topological polar surface area (TPSA) is 85.6 Å². The first-order chi connectivity index (χ1) is 13.5. The summed E-state index contributed by atoms with van der Waals surface area (Å²) in [4.78, 5) is 29.8. The second kappa shape index (κ2) is 8.62. The molecule has 0 fully saturated rings. The molecule has 3 rings (SSSR count). The molecule has 8 heteroatoms. The molecule has 1 amide bonds. The van der Waals surface area contributed by atoms with E-state index in [-0.39, 0.29) is 29.5 Å². The SMILES string of the molecule is COc1ccc(C(=O)N(Cc2ccccn2)c2ccc(Br)cc2)cc1[N+](=O)[O-]. The van der Waals surface area contributed by atoms with E-state index >= 15 is 0 Å². The molecule has 0 radical (unpaired) electrons. The Hall–Kier alpha value is -3.26. The summed E-state index contributed by atoms with van der Waals surface area (Å²) in [6.45, 7) is 0.223. The Balaban J connectivity index is 2.02. The summed E-state index contributed by atoms with van der Waals surface area (Å²) in [5, 5.41) is 11.3. The third kappa shape index (κ3) is 4.34. The van der Waals surface area contributed by atoms with Crippen molar-refractivity contribution >= 4 is 33.2 Å². The molecule has 2 aromatic carbocycles. The van der Waals surface area contributed by atoms with Crippen LogP contribution in [0.3, 0.4) is 0 Å². The number of rotatable bonds is 6. The van der Waals surface area contributed by atoms with E-state index in [1.54, 1.807) is 24.4 Å². The first-order valence-electron chi connectivity index (χ1n) is 8.29. The van der Waals surface area contributed by atoms with E-state index in [9.17, 15) is 14.9 Å². The fraction of sp³-hybridized carbons (Fsp3) is 0.100. The van der Waals surface area contributed by atoms with Gasteiger partial charge in [0.2, 0.25) is 0 Å². The third-order valence-electron chi connectivity index (χ3n) is 4.05. The number of methoxy groups -OCH3 is 1. The van der Waals surface area contributed by atoms with Crippen molar-refractivity contribution in [1.82, 2.24) is 4.98 Å². The van der Waals surface area contributed by atoms with Gasteiger partial charge in [-0.1, -0.05) is 22.0 Å².